The van der Waals surface area contributed by atoms with Gasteiger partial charge in [-0.05, 0) is 67.4 Å². The van der Waals surface area contributed by atoms with E-state index in [9.17, 15) is 0 Å². The molecule has 2 aliphatic rings. The molecular weight excluding hydrogens is 414 g/mol. The Morgan fingerprint density at radius 3 is 2.76 bits per heavy atom. The zero-order valence-electron chi connectivity index (χ0n) is 19.2. The first-order chi connectivity index (χ1) is 16.0. The minimum Gasteiger partial charge on any atom is -0.494 e. The second-order valence-corrected chi connectivity index (χ2v) is 9.06. The molecule has 0 aliphatic carbocycles. The number of anilines is 1. The molecule has 3 aromatic rings. The molecule has 168 valence electrons. The van der Waals surface area contributed by atoms with Crippen molar-refractivity contribution in [2.45, 2.75) is 37.8 Å². The number of azide groups is 1. The molecule has 7 nitrogen and oxygen atoms in total. The van der Waals surface area contributed by atoms with Crippen LogP contribution in [0.4, 0.5) is 11.4 Å². The van der Waals surface area contributed by atoms with Gasteiger partial charge in [-0.3, -0.25) is 4.99 Å². The van der Waals surface area contributed by atoms with Gasteiger partial charge in [0.1, 0.15) is 17.2 Å². The molecule has 3 aromatic carbocycles. The zero-order chi connectivity index (χ0) is 23.1. The SMILES string of the molecule is CN1c2ccccc2C(C)(C)C12C=Nc1c(ccc3ccc(OCCCCN=[N+]=[N-])cc13)O2. The highest BCUT2D eigenvalue weighted by Gasteiger charge is 2.58. The smallest absolute Gasteiger partial charge is 0.228 e. The Morgan fingerprint density at radius 1 is 1.12 bits per heavy atom. The number of nitrogens with zero attached hydrogens (tertiary/aromatic N) is 5. The van der Waals surface area contributed by atoms with Gasteiger partial charge in [0.25, 0.3) is 0 Å². The summed E-state index contributed by atoms with van der Waals surface area (Å²) in [5.41, 5.74) is 10.6. The van der Waals surface area contributed by atoms with Gasteiger partial charge in [0.05, 0.1) is 18.2 Å². The van der Waals surface area contributed by atoms with Crippen LogP contribution in [0.15, 0.2) is 64.7 Å². The number of hydrogen-bond acceptors (Lipinski definition) is 5. The quantitative estimate of drug-likeness (QED) is 0.189. The fourth-order valence-electron chi connectivity index (χ4n) is 4.96. The summed E-state index contributed by atoms with van der Waals surface area (Å²) in [6.07, 6.45) is 3.59. The Morgan fingerprint density at radius 2 is 1.94 bits per heavy atom. The maximum Gasteiger partial charge on any atom is 0.228 e. The normalized spacial score (nSPS) is 19.7. The molecule has 7 heteroatoms. The minimum absolute atomic E-state index is 0.283. The Hall–Kier alpha value is -3.70. The third kappa shape index (κ3) is 3.28. The molecule has 0 saturated carbocycles. The van der Waals surface area contributed by atoms with Gasteiger partial charge >= 0.3 is 0 Å². The number of hydrogen-bond donors (Lipinski definition) is 0. The Labute approximate surface area is 193 Å². The van der Waals surface area contributed by atoms with Crippen LogP contribution in [0.2, 0.25) is 0 Å². The summed E-state index contributed by atoms with van der Waals surface area (Å²) >= 11 is 0. The van der Waals surface area contributed by atoms with E-state index in [1.807, 2.05) is 30.5 Å². The second kappa shape index (κ2) is 8.01. The van der Waals surface area contributed by atoms with Crippen molar-refractivity contribution in [1.29, 1.82) is 0 Å². The molecule has 1 unspecified atom stereocenters. The van der Waals surface area contributed by atoms with Crippen molar-refractivity contribution in [3.63, 3.8) is 0 Å². The maximum absolute atomic E-state index is 8.36. The van der Waals surface area contributed by atoms with Crippen LogP contribution in [0.3, 0.4) is 0 Å². The fraction of sp³-hybridized carbons (Fsp3) is 0.346. The van der Waals surface area contributed by atoms with Crippen LogP contribution in [0.5, 0.6) is 11.5 Å². The van der Waals surface area contributed by atoms with E-state index in [0.717, 1.165) is 46.5 Å². The average molecular weight is 442 g/mol. The molecule has 1 atom stereocenters. The van der Waals surface area contributed by atoms with Gasteiger partial charge in [0.2, 0.25) is 5.72 Å². The Kier molecular flexibility index (Phi) is 5.14. The molecule has 0 aromatic heterocycles. The highest BCUT2D eigenvalue weighted by atomic mass is 16.5. The first-order valence-corrected chi connectivity index (χ1v) is 11.3. The van der Waals surface area contributed by atoms with Crippen molar-refractivity contribution in [3.05, 3.63) is 70.6 Å². The summed E-state index contributed by atoms with van der Waals surface area (Å²) in [5, 5.41) is 5.64. The van der Waals surface area contributed by atoms with Gasteiger partial charge in [-0.25, -0.2) is 0 Å². The van der Waals surface area contributed by atoms with Crippen molar-refractivity contribution in [3.8, 4) is 11.5 Å². The molecule has 0 bridgehead atoms. The fourth-order valence-corrected chi connectivity index (χ4v) is 4.96. The molecule has 0 saturated heterocycles. The molecular formula is C26H27N5O2. The van der Waals surface area contributed by atoms with Gasteiger partial charge in [-0.2, -0.15) is 0 Å². The summed E-state index contributed by atoms with van der Waals surface area (Å²) < 4.78 is 12.7. The van der Waals surface area contributed by atoms with Crippen molar-refractivity contribution in [1.82, 2.24) is 0 Å². The lowest BCUT2D eigenvalue weighted by atomic mass is 9.77. The van der Waals surface area contributed by atoms with Crippen LogP contribution >= 0.6 is 0 Å². The Bertz CT molecular complexity index is 1300. The monoisotopic (exact) mass is 441 g/mol. The van der Waals surface area contributed by atoms with E-state index in [1.165, 1.54) is 5.56 Å². The summed E-state index contributed by atoms with van der Waals surface area (Å²) in [4.78, 5) is 9.93. The number of benzene rings is 3. The van der Waals surface area contributed by atoms with Crippen LogP contribution in [0.1, 0.15) is 32.3 Å². The van der Waals surface area contributed by atoms with Crippen LogP contribution in [0.25, 0.3) is 21.2 Å². The molecule has 0 amide bonds. The van der Waals surface area contributed by atoms with E-state index in [0.29, 0.717) is 13.2 Å². The number of ether oxygens (including phenoxy) is 2. The van der Waals surface area contributed by atoms with Crippen molar-refractivity contribution >= 4 is 28.4 Å². The predicted molar refractivity (Wildman–Crippen MR) is 132 cm³/mol. The lowest BCUT2D eigenvalue weighted by Gasteiger charge is -2.45. The van der Waals surface area contributed by atoms with Gasteiger partial charge in [0, 0.05) is 29.6 Å². The summed E-state index contributed by atoms with van der Waals surface area (Å²) in [6.45, 7) is 5.48. The standard InChI is InChI=1S/C26H27N5O2/c1-25(2)21-8-4-5-9-22(21)31(3)26(25)17-28-24-20-16-19(32-15-7-6-14-29-30-27)12-10-18(20)11-13-23(24)33-26/h4-5,8-13,16-17H,6-7,14-15H2,1-3H3. The van der Waals surface area contributed by atoms with Crippen LogP contribution in [-0.4, -0.2) is 32.1 Å². The van der Waals surface area contributed by atoms with Gasteiger partial charge in [-0.1, -0.05) is 35.4 Å². The third-order valence-corrected chi connectivity index (χ3v) is 6.88. The van der Waals surface area contributed by atoms with Crippen molar-refractivity contribution < 1.29 is 9.47 Å². The van der Waals surface area contributed by atoms with Crippen LogP contribution in [-0.2, 0) is 5.41 Å². The number of unbranched alkanes of at least 4 members (excludes halogenated alkanes) is 1. The summed E-state index contributed by atoms with van der Waals surface area (Å²) in [5.74, 6) is 1.56. The van der Waals surface area contributed by atoms with E-state index in [-0.39, 0.29) is 5.41 Å². The molecule has 1 spiro atoms. The van der Waals surface area contributed by atoms with E-state index in [2.05, 4.69) is 66.2 Å². The van der Waals surface area contributed by atoms with E-state index in [4.69, 9.17) is 20.0 Å². The Balaban J connectivity index is 1.45. The molecule has 0 radical (unpaired) electrons. The number of fused-ring (bicyclic) bond motifs is 4. The number of rotatable bonds is 6. The zero-order valence-corrected chi connectivity index (χ0v) is 19.2. The lowest BCUT2D eigenvalue weighted by Crippen LogP contribution is -2.61. The highest BCUT2D eigenvalue weighted by Crippen LogP contribution is 2.54. The number of para-hydroxylation sites is 1. The first kappa shape index (κ1) is 21.2. The second-order valence-electron chi connectivity index (χ2n) is 9.06. The van der Waals surface area contributed by atoms with Crippen molar-refractivity contribution in [2.75, 3.05) is 25.1 Å². The largest absolute Gasteiger partial charge is 0.494 e. The number of likely N-dealkylation sites (N-methyl/N-ethyl adjacent to an activating group) is 1. The molecule has 2 heterocycles. The summed E-state index contributed by atoms with van der Waals surface area (Å²) in [7, 11) is 2.07. The molecule has 2 aliphatic heterocycles. The topological polar surface area (TPSA) is 82.8 Å². The predicted octanol–water partition coefficient (Wildman–Crippen LogP) is 6.53. The van der Waals surface area contributed by atoms with Gasteiger partial charge in [0.15, 0.2) is 0 Å². The van der Waals surface area contributed by atoms with E-state index < -0.39 is 5.72 Å². The highest BCUT2D eigenvalue weighted by molar-refractivity contribution is 6.00. The number of aliphatic imine (C=N–C) groups is 1. The van der Waals surface area contributed by atoms with E-state index in [1.54, 1.807) is 0 Å². The maximum atomic E-state index is 8.36. The van der Waals surface area contributed by atoms with Gasteiger partial charge < -0.3 is 14.4 Å². The third-order valence-electron chi connectivity index (χ3n) is 6.88. The summed E-state index contributed by atoms with van der Waals surface area (Å²) in [6, 6.07) is 18.6. The average Bonchev–Trinajstić information content (AvgIpc) is 2.99. The van der Waals surface area contributed by atoms with Crippen LogP contribution in [0, 0.1) is 0 Å². The van der Waals surface area contributed by atoms with Crippen molar-refractivity contribution in [2.24, 2.45) is 10.1 Å². The van der Waals surface area contributed by atoms with Gasteiger partial charge in [-0.15, -0.1) is 0 Å². The minimum atomic E-state index is -0.697. The lowest BCUT2D eigenvalue weighted by molar-refractivity contribution is 0.0826. The molecule has 0 N–H and O–H groups in total. The molecule has 0 fully saturated rings. The molecule has 33 heavy (non-hydrogen) atoms. The molecule has 5 rings (SSSR count). The first-order valence-electron chi connectivity index (χ1n) is 11.3. The van der Waals surface area contributed by atoms with Crippen LogP contribution < -0.4 is 14.4 Å². The van der Waals surface area contributed by atoms with E-state index >= 15 is 0 Å².